The average molecular weight is 376 g/mol. The number of hydrogen-bond donors (Lipinski definition) is 1. The molecular formula is C19H24N2O4S. The maximum Gasteiger partial charge on any atom is 0.240 e. The Labute approximate surface area is 154 Å². The monoisotopic (exact) mass is 376 g/mol. The number of nitrogens with one attached hydrogen (secondary N) is 1. The molecule has 0 aliphatic carbocycles. The highest BCUT2D eigenvalue weighted by molar-refractivity contribution is 7.89. The smallest absolute Gasteiger partial charge is 0.240 e. The van der Waals surface area contributed by atoms with Crippen molar-refractivity contribution < 1.29 is 17.9 Å². The molecule has 0 saturated carbocycles. The van der Waals surface area contributed by atoms with Gasteiger partial charge in [0.25, 0.3) is 0 Å². The zero-order chi connectivity index (χ0) is 19.2. The molecule has 0 fully saturated rings. The van der Waals surface area contributed by atoms with E-state index < -0.39 is 10.0 Å². The van der Waals surface area contributed by atoms with Gasteiger partial charge in [0.05, 0.1) is 12.0 Å². The van der Waals surface area contributed by atoms with Crippen molar-refractivity contribution in [2.24, 2.45) is 0 Å². The van der Waals surface area contributed by atoms with E-state index in [1.54, 1.807) is 17.0 Å². The summed E-state index contributed by atoms with van der Waals surface area (Å²) in [5.74, 6) is 0.486. The van der Waals surface area contributed by atoms with Gasteiger partial charge in [0.15, 0.2) is 0 Å². The number of methoxy groups -OCH3 is 1. The van der Waals surface area contributed by atoms with Gasteiger partial charge in [0.2, 0.25) is 15.9 Å². The molecule has 0 aromatic heterocycles. The summed E-state index contributed by atoms with van der Waals surface area (Å²) in [5, 5.41) is 0. The highest BCUT2D eigenvalue weighted by atomic mass is 32.2. The number of hydrogen-bond acceptors (Lipinski definition) is 4. The molecule has 2 rings (SSSR count). The summed E-state index contributed by atoms with van der Waals surface area (Å²) in [4.78, 5) is 13.6. The summed E-state index contributed by atoms with van der Waals surface area (Å²) in [6.07, 6.45) is 0. The normalized spacial score (nSPS) is 11.2. The van der Waals surface area contributed by atoms with Gasteiger partial charge in [-0.2, -0.15) is 0 Å². The fourth-order valence-corrected chi connectivity index (χ4v) is 3.55. The zero-order valence-electron chi connectivity index (χ0n) is 15.2. The van der Waals surface area contributed by atoms with Gasteiger partial charge in [-0.3, -0.25) is 4.79 Å². The lowest BCUT2D eigenvalue weighted by atomic mass is 10.1. The molecular weight excluding hydrogens is 352 g/mol. The van der Waals surface area contributed by atoms with Crippen LogP contribution in [0.3, 0.4) is 0 Å². The first-order chi connectivity index (χ1) is 12.3. The van der Waals surface area contributed by atoms with Crippen LogP contribution in [0.5, 0.6) is 5.75 Å². The van der Waals surface area contributed by atoms with Crippen molar-refractivity contribution in [2.45, 2.75) is 25.3 Å². The van der Waals surface area contributed by atoms with Crippen LogP contribution in [0.4, 0.5) is 0 Å². The third kappa shape index (κ3) is 5.57. The van der Waals surface area contributed by atoms with E-state index in [4.69, 9.17) is 4.74 Å². The van der Waals surface area contributed by atoms with Crippen LogP contribution >= 0.6 is 0 Å². The Morgan fingerprint density at radius 2 is 1.85 bits per heavy atom. The molecule has 0 radical (unpaired) electrons. The molecule has 0 unspecified atom stereocenters. The first-order valence-corrected chi connectivity index (χ1v) is 9.75. The number of benzene rings is 2. The second-order valence-corrected chi connectivity index (χ2v) is 7.77. The summed E-state index contributed by atoms with van der Waals surface area (Å²) in [7, 11) is -2.11. The van der Waals surface area contributed by atoms with Crippen LogP contribution in [0, 0.1) is 6.92 Å². The molecule has 0 spiro atoms. The van der Waals surface area contributed by atoms with E-state index in [0.717, 1.165) is 11.1 Å². The number of amides is 1. The van der Waals surface area contributed by atoms with Crippen molar-refractivity contribution in [1.29, 1.82) is 0 Å². The van der Waals surface area contributed by atoms with Crippen LogP contribution < -0.4 is 9.46 Å². The number of carbonyl (C=O) groups is 1. The Kier molecular flexibility index (Phi) is 6.76. The molecule has 1 amide bonds. The highest BCUT2D eigenvalue weighted by Crippen LogP contribution is 2.15. The van der Waals surface area contributed by atoms with Crippen LogP contribution in [0.15, 0.2) is 53.4 Å². The van der Waals surface area contributed by atoms with Gasteiger partial charge in [-0.1, -0.05) is 29.8 Å². The zero-order valence-corrected chi connectivity index (χ0v) is 16.0. The molecule has 26 heavy (non-hydrogen) atoms. The lowest BCUT2D eigenvalue weighted by Crippen LogP contribution is -2.37. The molecule has 6 nitrogen and oxygen atoms in total. The second-order valence-electron chi connectivity index (χ2n) is 6.00. The lowest BCUT2D eigenvalue weighted by molar-refractivity contribution is -0.129. The van der Waals surface area contributed by atoms with Gasteiger partial charge in [0, 0.05) is 26.6 Å². The van der Waals surface area contributed by atoms with Crippen molar-refractivity contribution >= 4 is 15.9 Å². The molecule has 0 aliphatic rings. The fourth-order valence-electron chi connectivity index (χ4n) is 2.53. The van der Waals surface area contributed by atoms with Gasteiger partial charge in [-0.25, -0.2) is 13.1 Å². The van der Waals surface area contributed by atoms with E-state index in [9.17, 15) is 13.2 Å². The van der Waals surface area contributed by atoms with Gasteiger partial charge < -0.3 is 9.64 Å². The summed E-state index contributed by atoms with van der Waals surface area (Å²) < 4.78 is 32.2. The van der Waals surface area contributed by atoms with E-state index in [1.165, 1.54) is 26.2 Å². The maximum absolute atomic E-state index is 12.3. The first-order valence-electron chi connectivity index (χ1n) is 8.26. The second kappa shape index (κ2) is 8.82. The minimum atomic E-state index is -3.63. The van der Waals surface area contributed by atoms with Crippen molar-refractivity contribution in [1.82, 2.24) is 9.62 Å². The Morgan fingerprint density at radius 1 is 1.15 bits per heavy atom. The minimum Gasteiger partial charge on any atom is -0.497 e. The number of sulfonamides is 1. The number of nitrogens with zero attached hydrogens (tertiary/aromatic N) is 1. The topological polar surface area (TPSA) is 75.7 Å². The number of rotatable bonds is 8. The molecule has 2 aromatic carbocycles. The van der Waals surface area contributed by atoms with Gasteiger partial charge in [0.1, 0.15) is 5.75 Å². The minimum absolute atomic E-state index is 0.102. The maximum atomic E-state index is 12.3. The third-order valence-corrected chi connectivity index (χ3v) is 5.42. The molecule has 0 heterocycles. The Morgan fingerprint density at radius 3 is 2.42 bits per heavy atom. The summed E-state index contributed by atoms with van der Waals surface area (Å²) >= 11 is 0. The fraction of sp³-hybridized carbons (Fsp3) is 0.316. The van der Waals surface area contributed by atoms with Crippen LogP contribution in [-0.2, 0) is 21.4 Å². The van der Waals surface area contributed by atoms with Crippen molar-refractivity contribution in [3.05, 3.63) is 59.7 Å². The van der Waals surface area contributed by atoms with E-state index in [0.29, 0.717) is 18.8 Å². The summed E-state index contributed by atoms with van der Waals surface area (Å²) in [5.41, 5.74) is 2.13. The summed E-state index contributed by atoms with van der Waals surface area (Å²) in [6, 6.07) is 14.0. The van der Waals surface area contributed by atoms with Crippen molar-refractivity contribution in [3.8, 4) is 5.75 Å². The molecule has 0 aliphatic heterocycles. The van der Waals surface area contributed by atoms with Gasteiger partial charge in [-0.15, -0.1) is 0 Å². The Bertz CT molecular complexity index is 848. The van der Waals surface area contributed by atoms with E-state index in [1.807, 2.05) is 31.2 Å². The van der Waals surface area contributed by atoms with Gasteiger partial charge >= 0.3 is 0 Å². The molecule has 0 bridgehead atoms. The molecule has 140 valence electrons. The Balaban J connectivity index is 1.97. The van der Waals surface area contributed by atoms with Crippen molar-refractivity contribution in [3.63, 3.8) is 0 Å². The number of ether oxygens (including phenoxy) is 1. The highest BCUT2D eigenvalue weighted by Gasteiger charge is 2.15. The standard InChI is InChI=1S/C19H24N2O4S/c1-15-5-4-6-17(13-15)14-21(16(2)22)12-11-20-26(23,24)19-9-7-18(25-3)8-10-19/h4-10,13,20H,11-12,14H2,1-3H3. The van der Waals surface area contributed by atoms with Crippen molar-refractivity contribution in [2.75, 3.05) is 20.2 Å². The molecule has 0 atom stereocenters. The number of carbonyl (C=O) groups excluding carboxylic acids is 1. The molecule has 1 N–H and O–H groups in total. The van der Waals surface area contributed by atoms with E-state index >= 15 is 0 Å². The average Bonchev–Trinajstić information content (AvgIpc) is 2.60. The number of aryl methyl sites for hydroxylation is 1. The molecule has 0 saturated heterocycles. The SMILES string of the molecule is COc1ccc(S(=O)(=O)NCCN(Cc2cccc(C)c2)C(C)=O)cc1. The first kappa shape index (κ1) is 19.9. The lowest BCUT2D eigenvalue weighted by Gasteiger charge is -2.21. The van der Waals surface area contributed by atoms with E-state index in [-0.39, 0.29) is 17.3 Å². The summed E-state index contributed by atoms with van der Waals surface area (Å²) in [6.45, 7) is 4.35. The molecule has 2 aromatic rings. The predicted molar refractivity (Wildman–Crippen MR) is 100 cm³/mol. The van der Waals surface area contributed by atoms with E-state index in [2.05, 4.69) is 4.72 Å². The van der Waals surface area contributed by atoms with Crippen LogP contribution in [-0.4, -0.2) is 39.4 Å². The van der Waals surface area contributed by atoms with Crippen LogP contribution in [0.25, 0.3) is 0 Å². The van der Waals surface area contributed by atoms with Gasteiger partial charge in [-0.05, 0) is 36.8 Å². The largest absolute Gasteiger partial charge is 0.497 e. The van der Waals surface area contributed by atoms with Crippen LogP contribution in [0.2, 0.25) is 0 Å². The molecule has 7 heteroatoms. The van der Waals surface area contributed by atoms with Crippen LogP contribution in [0.1, 0.15) is 18.1 Å². The third-order valence-electron chi connectivity index (χ3n) is 3.94. The quantitative estimate of drug-likeness (QED) is 0.767. The Hall–Kier alpha value is -2.38. The predicted octanol–water partition coefficient (Wildman–Crippen LogP) is 2.33.